The van der Waals surface area contributed by atoms with E-state index in [9.17, 15) is 4.57 Å². The van der Waals surface area contributed by atoms with Crippen LogP contribution in [0, 0.1) is 11.8 Å². The summed E-state index contributed by atoms with van der Waals surface area (Å²) in [5.74, 6) is 1.37. The lowest BCUT2D eigenvalue weighted by atomic mass is 9.93. The second-order valence-electron chi connectivity index (χ2n) is 5.25. The second-order valence-corrected chi connectivity index (χ2v) is 8.65. The van der Waals surface area contributed by atoms with Crippen LogP contribution >= 0.6 is 7.14 Å². The minimum atomic E-state index is -2.00. The van der Waals surface area contributed by atoms with E-state index in [0.717, 1.165) is 6.42 Å². The standard InChI is InChI=1S/C11H23O2P/c1-9(2)10-6-5-7-11(10)13-8-14(3,4)12/h9-11H,5-8H2,1-4H3. The van der Waals surface area contributed by atoms with Gasteiger partial charge in [0.25, 0.3) is 0 Å². The predicted octanol–water partition coefficient (Wildman–Crippen LogP) is 3.41. The highest BCUT2D eigenvalue weighted by Gasteiger charge is 2.30. The van der Waals surface area contributed by atoms with Crippen LogP contribution in [0.3, 0.4) is 0 Å². The molecule has 0 amide bonds. The Balaban J connectivity index is 2.40. The Kier molecular flexibility index (Phi) is 4.21. The molecular weight excluding hydrogens is 195 g/mol. The van der Waals surface area contributed by atoms with Gasteiger partial charge < -0.3 is 9.30 Å². The van der Waals surface area contributed by atoms with E-state index < -0.39 is 7.14 Å². The molecule has 1 aliphatic carbocycles. The largest absolute Gasteiger partial charge is 0.370 e. The van der Waals surface area contributed by atoms with Gasteiger partial charge in [-0.3, -0.25) is 0 Å². The maximum atomic E-state index is 11.5. The first-order valence-corrected chi connectivity index (χ1v) is 8.34. The first-order valence-electron chi connectivity index (χ1n) is 5.56. The van der Waals surface area contributed by atoms with E-state index in [4.69, 9.17) is 4.74 Å². The molecular formula is C11H23O2P. The smallest absolute Gasteiger partial charge is 0.106 e. The quantitative estimate of drug-likeness (QED) is 0.676. The van der Waals surface area contributed by atoms with Gasteiger partial charge in [0.2, 0.25) is 0 Å². The van der Waals surface area contributed by atoms with Gasteiger partial charge in [0.05, 0.1) is 12.5 Å². The molecule has 0 aliphatic heterocycles. The molecule has 1 fully saturated rings. The van der Waals surface area contributed by atoms with Gasteiger partial charge in [0, 0.05) is 0 Å². The molecule has 0 radical (unpaired) electrons. The molecule has 3 heteroatoms. The van der Waals surface area contributed by atoms with Gasteiger partial charge in [-0.2, -0.15) is 0 Å². The highest BCUT2D eigenvalue weighted by atomic mass is 31.2. The third-order valence-electron chi connectivity index (χ3n) is 2.96. The summed E-state index contributed by atoms with van der Waals surface area (Å²) in [6, 6.07) is 0. The number of rotatable bonds is 4. The zero-order valence-electron chi connectivity index (χ0n) is 9.82. The summed E-state index contributed by atoms with van der Waals surface area (Å²) >= 11 is 0. The van der Waals surface area contributed by atoms with E-state index in [1.54, 1.807) is 13.3 Å². The Labute approximate surface area is 87.8 Å². The minimum Gasteiger partial charge on any atom is -0.370 e. The molecule has 0 N–H and O–H groups in total. The van der Waals surface area contributed by atoms with E-state index >= 15 is 0 Å². The van der Waals surface area contributed by atoms with E-state index in [-0.39, 0.29) is 0 Å². The summed E-state index contributed by atoms with van der Waals surface area (Å²) in [5, 5.41) is 0. The number of ether oxygens (including phenoxy) is 1. The van der Waals surface area contributed by atoms with Crippen LogP contribution in [0.5, 0.6) is 0 Å². The Morgan fingerprint density at radius 1 is 1.36 bits per heavy atom. The topological polar surface area (TPSA) is 26.3 Å². The highest BCUT2D eigenvalue weighted by molar-refractivity contribution is 7.62. The lowest BCUT2D eigenvalue weighted by Crippen LogP contribution is -2.23. The third-order valence-corrected chi connectivity index (χ3v) is 3.73. The molecule has 2 atom stereocenters. The summed E-state index contributed by atoms with van der Waals surface area (Å²) in [6.07, 6.45) is 4.53. The Hall–Kier alpha value is 0.190. The molecule has 0 bridgehead atoms. The van der Waals surface area contributed by atoms with Crippen LogP contribution in [0.15, 0.2) is 0 Å². The van der Waals surface area contributed by atoms with Crippen molar-refractivity contribution in [3.8, 4) is 0 Å². The Morgan fingerprint density at radius 3 is 2.50 bits per heavy atom. The van der Waals surface area contributed by atoms with Crippen LogP contribution in [0.25, 0.3) is 0 Å². The molecule has 14 heavy (non-hydrogen) atoms. The fourth-order valence-electron chi connectivity index (χ4n) is 2.20. The van der Waals surface area contributed by atoms with Crippen molar-refractivity contribution in [3.05, 3.63) is 0 Å². The second kappa shape index (κ2) is 4.81. The molecule has 0 aromatic heterocycles. The summed E-state index contributed by atoms with van der Waals surface area (Å²) < 4.78 is 17.3. The van der Waals surface area contributed by atoms with E-state index in [1.807, 2.05) is 0 Å². The van der Waals surface area contributed by atoms with Crippen LogP contribution in [0.4, 0.5) is 0 Å². The van der Waals surface area contributed by atoms with Crippen LogP contribution in [0.1, 0.15) is 33.1 Å². The molecule has 1 aliphatic rings. The molecule has 84 valence electrons. The van der Waals surface area contributed by atoms with Crippen molar-refractivity contribution < 1.29 is 9.30 Å². The highest BCUT2D eigenvalue weighted by Crippen LogP contribution is 2.40. The van der Waals surface area contributed by atoms with Gasteiger partial charge in [-0.05, 0) is 38.0 Å². The average molecular weight is 218 g/mol. The fourth-order valence-corrected chi connectivity index (χ4v) is 2.75. The lowest BCUT2D eigenvalue weighted by molar-refractivity contribution is 0.0407. The van der Waals surface area contributed by atoms with Crippen molar-refractivity contribution in [2.75, 3.05) is 19.7 Å². The van der Waals surface area contributed by atoms with Crippen molar-refractivity contribution in [1.82, 2.24) is 0 Å². The molecule has 2 nitrogen and oxygen atoms in total. The van der Waals surface area contributed by atoms with Crippen LogP contribution < -0.4 is 0 Å². The summed E-state index contributed by atoms with van der Waals surface area (Å²) in [4.78, 5) is 0. The SMILES string of the molecule is CC(C)C1CCCC1OCP(C)(C)=O. The third kappa shape index (κ3) is 3.74. The van der Waals surface area contributed by atoms with Gasteiger partial charge in [0.15, 0.2) is 0 Å². The van der Waals surface area contributed by atoms with Gasteiger partial charge in [-0.25, -0.2) is 0 Å². The monoisotopic (exact) mass is 218 g/mol. The van der Waals surface area contributed by atoms with Crippen molar-refractivity contribution in [2.24, 2.45) is 11.8 Å². The average Bonchev–Trinajstić information content (AvgIpc) is 2.46. The lowest BCUT2D eigenvalue weighted by Gasteiger charge is -2.24. The zero-order chi connectivity index (χ0) is 10.8. The Bertz CT molecular complexity index is 219. The molecule has 1 saturated carbocycles. The molecule has 0 aromatic rings. The van der Waals surface area contributed by atoms with Gasteiger partial charge in [0.1, 0.15) is 7.14 Å². The van der Waals surface area contributed by atoms with E-state index in [1.165, 1.54) is 12.8 Å². The van der Waals surface area contributed by atoms with Crippen molar-refractivity contribution in [2.45, 2.75) is 39.2 Å². The maximum absolute atomic E-state index is 11.5. The van der Waals surface area contributed by atoms with Gasteiger partial charge >= 0.3 is 0 Å². The van der Waals surface area contributed by atoms with E-state index in [2.05, 4.69) is 13.8 Å². The van der Waals surface area contributed by atoms with Crippen molar-refractivity contribution in [3.63, 3.8) is 0 Å². The molecule has 1 rings (SSSR count). The molecule has 0 aromatic carbocycles. The van der Waals surface area contributed by atoms with Crippen molar-refractivity contribution in [1.29, 1.82) is 0 Å². The summed E-state index contributed by atoms with van der Waals surface area (Å²) in [6.45, 7) is 8.10. The zero-order valence-corrected chi connectivity index (χ0v) is 10.7. The minimum absolute atomic E-state index is 0.364. The molecule has 0 spiro atoms. The van der Waals surface area contributed by atoms with Crippen LogP contribution in [-0.2, 0) is 9.30 Å². The number of hydrogen-bond acceptors (Lipinski definition) is 2. The Morgan fingerprint density at radius 2 is 2.00 bits per heavy atom. The predicted molar refractivity (Wildman–Crippen MR) is 61.4 cm³/mol. The molecule has 2 unspecified atom stereocenters. The summed E-state index contributed by atoms with van der Waals surface area (Å²) in [7, 11) is -2.00. The fraction of sp³-hybridized carbons (Fsp3) is 1.00. The van der Waals surface area contributed by atoms with Crippen LogP contribution in [-0.4, -0.2) is 25.8 Å². The first-order chi connectivity index (χ1) is 6.40. The maximum Gasteiger partial charge on any atom is 0.106 e. The van der Waals surface area contributed by atoms with E-state index in [0.29, 0.717) is 24.3 Å². The van der Waals surface area contributed by atoms with Crippen LogP contribution in [0.2, 0.25) is 0 Å². The van der Waals surface area contributed by atoms with Gasteiger partial charge in [-0.15, -0.1) is 0 Å². The first kappa shape index (κ1) is 12.3. The normalized spacial score (nSPS) is 28.6. The summed E-state index contributed by atoms with van der Waals surface area (Å²) in [5.41, 5.74) is 0. The number of hydrogen-bond donors (Lipinski definition) is 0. The van der Waals surface area contributed by atoms with Crippen molar-refractivity contribution >= 4 is 7.14 Å². The molecule has 0 heterocycles. The molecule has 0 saturated heterocycles. The van der Waals surface area contributed by atoms with Gasteiger partial charge in [-0.1, -0.05) is 20.3 Å².